The minimum absolute atomic E-state index is 0.0410. The van der Waals surface area contributed by atoms with Crippen LogP contribution >= 0.6 is 0 Å². The van der Waals surface area contributed by atoms with E-state index >= 15 is 0 Å². The van der Waals surface area contributed by atoms with Gasteiger partial charge in [-0.1, -0.05) is 54.6 Å². The molecule has 0 bridgehead atoms. The van der Waals surface area contributed by atoms with E-state index in [1.807, 2.05) is 0 Å². The Bertz CT molecular complexity index is 5340. The number of fused-ring (bicyclic) bond motifs is 6. The number of halogens is 11. The molecule has 9 aromatic heterocycles. The van der Waals surface area contributed by atoms with Gasteiger partial charge in [-0.05, 0) is 68.4 Å². The number of anilines is 3. The maximum atomic E-state index is 14.2. The second kappa shape index (κ2) is 25.2. The maximum Gasteiger partial charge on any atom is 0.457 e. The van der Waals surface area contributed by atoms with E-state index in [1.165, 1.54) is 52.1 Å². The van der Waals surface area contributed by atoms with Crippen LogP contribution in [0.1, 0.15) is 53.8 Å². The van der Waals surface area contributed by atoms with Gasteiger partial charge in [0.15, 0.2) is 34.4 Å². The highest BCUT2D eigenvalue weighted by Crippen LogP contribution is 2.53. The minimum atomic E-state index is -6.23. The Labute approximate surface area is 557 Å². The first-order chi connectivity index (χ1) is 48.0. The quantitative estimate of drug-likeness (QED) is 0.0563. The molecule has 15 rings (SSSR count). The number of ether oxygens (including phenoxy) is 1. The molecule has 0 radical (unpaired) electrons. The van der Waals surface area contributed by atoms with Crippen LogP contribution in [0.2, 0.25) is 0 Å². The lowest BCUT2D eigenvalue weighted by Crippen LogP contribution is -2.58. The van der Waals surface area contributed by atoms with Gasteiger partial charge in [-0.3, -0.25) is 19.2 Å². The molecular formula is C64H45F11N20O6. The van der Waals surface area contributed by atoms with Crippen LogP contribution in [0, 0.1) is 17.5 Å². The van der Waals surface area contributed by atoms with E-state index < -0.39 is 81.2 Å². The van der Waals surface area contributed by atoms with Gasteiger partial charge in [-0.2, -0.15) is 50.4 Å². The van der Waals surface area contributed by atoms with E-state index in [1.54, 1.807) is 109 Å². The number of benzene rings is 3. The van der Waals surface area contributed by atoms with E-state index in [0.29, 0.717) is 56.1 Å². The van der Waals surface area contributed by atoms with Crippen molar-refractivity contribution in [1.82, 2.24) is 79.4 Å². The number of carbonyl (C=O) groups is 4. The van der Waals surface area contributed by atoms with Crippen molar-refractivity contribution in [2.75, 3.05) is 22.6 Å². The zero-order valence-corrected chi connectivity index (χ0v) is 51.7. The fourth-order valence-corrected chi connectivity index (χ4v) is 11.3. The summed E-state index contributed by atoms with van der Waals surface area (Å²) in [6.07, 6.45) is -5.43. The molecule has 3 aliphatic heterocycles. The van der Waals surface area contributed by atoms with Crippen LogP contribution < -0.4 is 21.7 Å². The van der Waals surface area contributed by atoms with Crippen LogP contribution in [0.25, 0.3) is 67.7 Å². The van der Waals surface area contributed by atoms with Gasteiger partial charge in [-0.25, -0.2) is 67.1 Å². The van der Waals surface area contributed by atoms with Crippen molar-refractivity contribution in [3.63, 3.8) is 0 Å². The Balaban J connectivity index is 0.000000136. The van der Waals surface area contributed by atoms with Crippen molar-refractivity contribution < 1.29 is 77.3 Å². The van der Waals surface area contributed by atoms with Crippen molar-refractivity contribution in [3.05, 3.63) is 191 Å². The lowest BCUT2D eigenvalue weighted by molar-refractivity contribution is -0.335. The maximum absolute atomic E-state index is 14.2. The Morgan fingerprint density at radius 2 is 0.970 bits per heavy atom. The SMILES string of the molecule is CCOC(=O)C1(C)CC(=O)Nc2nc(-c3nn(Cc4ccccc4F)c4ncccc34)nnc21.NC1(C(F)(F)F)C(=O)Nc2nc(-c3nn(Cc4ccccc4F)c4ncccc34)ncc21.O=C1Nc2nc(-c3nn(Cc4ccccc4F)c4ncccc34)ncc2C1(O)C(F)(F)C(F)(F)F. The third-order valence-corrected chi connectivity index (χ3v) is 16.5. The van der Waals surface area contributed by atoms with Gasteiger partial charge in [0.2, 0.25) is 22.9 Å². The van der Waals surface area contributed by atoms with Crippen molar-refractivity contribution in [2.24, 2.45) is 5.73 Å². The standard InChI is InChI=1S/C23H20FN7O3.C21H12F6N6O2.C20H13F4N7O/c1-3-34-22(33)23(2)11-16(32)26-20-18(23)28-29-19(27-20)17-14-8-6-10-25-21(14)31(30-17)12-13-7-4-5-9-15(13)24;22-13-6-2-1-4-10(13)9-33-17-11(5-3-7-28-17)14(32-33)16-29-8-12-15(30-16)31-18(34)19(12,35)20(23,24)21(25,26)27;21-13-6-2-1-4-10(13)9-31-17-11(5-3-7-26-17)14(30-31)16-27-8-12-15(28-16)29-18(32)19(12,25)20(22,23)24/h4-10H,3,11-12H2,1-2H3,(H,26,27,29,32);1-8,35H,9H2,(H,29,30,31,34);1-8H,9,25H2,(H,27,28,29,32). The third kappa shape index (κ3) is 11.6. The van der Waals surface area contributed by atoms with Crippen molar-refractivity contribution >= 4 is 74.2 Å². The largest absolute Gasteiger partial charge is 0.465 e. The lowest BCUT2D eigenvalue weighted by Gasteiger charge is -2.31. The molecule has 3 amide bonds. The molecule has 0 saturated heterocycles. The Hall–Kier alpha value is -12.3. The topological polar surface area (TPSA) is 342 Å². The van der Waals surface area contributed by atoms with Crippen LogP contribution in [0.3, 0.4) is 0 Å². The number of hydrogen-bond acceptors (Lipinski definition) is 20. The van der Waals surface area contributed by atoms with Crippen LogP contribution in [0.4, 0.5) is 65.7 Å². The summed E-state index contributed by atoms with van der Waals surface area (Å²) in [6.45, 7) is 3.61. The number of nitrogens with one attached hydrogen (secondary N) is 3. The van der Waals surface area contributed by atoms with Crippen LogP contribution in [0.5, 0.6) is 0 Å². The van der Waals surface area contributed by atoms with Gasteiger partial charge in [-0.15, -0.1) is 10.2 Å². The molecule has 12 heterocycles. The summed E-state index contributed by atoms with van der Waals surface area (Å²) < 4.78 is 159. The summed E-state index contributed by atoms with van der Waals surface area (Å²) >= 11 is 0. The molecule has 0 saturated carbocycles. The third-order valence-electron chi connectivity index (χ3n) is 16.5. The van der Waals surface area contributed by atoms with E-state index in [0.717, 1.165) is 6.20 Å². The highest BCUT2D eigenvalue weighted by molar-refractivity contribution is 6.07. The zero-order valence-electron chi connectivity index (χ0n) is 51.7. The van der Waals surface area contributed by atoms with Crippen LogP contribution in [0.15, 0.2) is 140 Å². The number of aliphatic hydroxyl groups is 1. The summed E-state index contributed by atoms with van der Waals surface area (Å²) in [7, 11) is 0. The molecule has 3 unspecified atom stereocenters. The highest BCUT2D eigenvalue weighted by atomic mass is 19.4. The molecule has 0 aliphatic carbocycles. The Morgan fingerprint density at radius 1 is 0.554 bits per heavy atom. The molecule has 12 aromatic rings. The average Bonchev–Trinajstić information content (AvgIpc) is 1.60. The van der Waals surface area contributed by atoms with Crippen LogP contribution in [-0.4, -0.2) is 133 Å². The summed E-state index contributed by atoms with van der Waals surface area (Å²) in [5.74, 6) is -12.6. The number of alkyl halides is 8. The molecule has 3 aromatic carbocycles. The summed E-state index contributed by atoms with van der Waals surface area (Å²) in [4.78, 5) is 82.1. The summed E-state index contributed by atoms with van der Waals surface area (Å²) in [5, 5.41) is 40.0. The first-order valence-electron chi connectivity index (χ1n) is 29.8. The monoisotopic (exact) mass is 1400 g/mol. The fraction of sp³-hybridized carbons (Fsp3) is 0.203. The number of esters is 1. The first kappa shape index (κ1) is 67.3. The average molecular weight is 1400 g/mol. The van der Waals surface area contributed by atoms with Crippen molar-refractivity contribution in [1.29, 1.82) is 0 Å². The van der Waals surface area contributed by atoms with Crippen molar-refractivity contribution in [3.8, 4) is 34.6 Å². The predicted molar refractivity (Wildman–Crippen MR) is 331 cm³/mol. The molecule has 26 nitrogen and oxygen atoms in total. The molecule has 37 heteroatoms. The minimum Gasteiger partial charge on any atom is -0.465 e. The second-order valence-electron chi connectivity index (χ2n) is 22.9. The molecule has 0 fully saturated rings. The Morgan fingerprint density at radius 3 is 1.41 bits per heavy atom. The fourth-order valence-electron chi connectivity index (χ4n) is 11.3. The number of carbonyl (C=O) groups excluding carboxylic acids is 4. The highest BCUT2D eigenvalue weighted by Gasteiger charge is 2.76. The normalized spacial score (nSPS) is 17.8. The number of amides is 3. The molecule has 101 heavy (non-hydrogen) atoms. The van der Waals surface area contributed by atoms with Gasteiger partial charge < -0.3 is 31.5 Å². The van der Waals surface area contributed by atoms with E-state index in [4.69, 9.17) is 10.5 Å². The zero-order chi connectivity index (χ0) is 71.7. The van der Waals surface area contributed by atoms with E-state index in [-0.39, 0.29) is 96.1 Å². The number of pyridine rings is 3. The first-order valence-corrected chi connectivity index (χ1v) is 29.8. The van der Waals surface area contributed by atoms with E-state index in [2.05, 4.69) is 76.0 Å². The number of aromatic nitrogens is 16. The van der Waals surface area contributed by atoms with Gasteiger partial charge in [0.05, 0.1) is 53.5 Å². The van der Waals surface area contributed by atoms with Gasteiger partial charge in [0.1, 0.15) is 57.3 Å². The summed E-state index contributed by atoms with van der Waals surface area (Å²) in [6, 6.07) is 28.5. The van der Waals surface area contributed by atoms with Gasteiger partial charge in [0.25, 0.3) is 11.8 Å². The smallest absolute Gasteiger partial charge is 0.457 e. The molecule has 3 atom stereocenters. The van der Waals surface area contributed by atoms with Crippen LogP contribution in [-0.2, 0) is 60.1 Å². The van der Waals surface area contributed by atoms with Gasteiger partial charge in [0, 0.05) is 54.1 Å². The van der Waals surface area contributed by atoms with Crippen molar-refractivity contribution in [2.45, 2.75) is 74.7 Å². The number of nitrogens with two attached hydrogens (primary N) is 1. The predicted octanol–water partition coefficient (Wildman–Crippen LogP) is 8.79. The second-order valence-corrected chi connectivity index (χ2v) is 22.9. The molecule has 3 aliphatic rings. The lowest BCUT2D eigenvalue weighted by atomic mass is 9.80. The molecule has 514 valence electrons. The van der Waals surface area contributed by atoms with E-state index in [9.17, 15) is 72.6 Å². The number of hydrogen-bond donors (Lipinski definition) is 5. The number of rotatable bonds is 12. The van der Waals surface area contributed by atoms with Gasteiger partial charge >= 0.3 is 24.2 Å². The number of nitrogens with zero attached hydrogens (tertiary/aromatic N) is 16. The summed E-state index contributed by atoms with van der Waals surface area (Å²) in [5.41, 5.74) is -1.96. The molecular weight excluding hydrogens is 1350 g/mol. The molecule has 0 spiro atoms. The molecule has 6 N–H and O–H groups in total. The Kier molecular flexibility index (Phi) is 16.8.